The number of carbonyl (C=O) groups is 2. The van der Waals surface area contributed by atoms with E-state index in [1.54, 1.807) is 18.2 Å². The number of ether oxygens (including phenoxy) is 1. The van der Waals surface area contributed by atoms with Crippen molar-refractivity contribution < 1.29 is 23.1 Å². The SMILES string of the molecule is Cc1cccc(NC(=O)[C@@H](C)OC(=O)c2c(F)cccc2F)c1. The molecule has 6 heteroatoms. The molecule has 0 saturated heterocycles. The van der Waals surface area contributed by atoms with Crippen molar-refractivity contribution in [3.63, 3.8) is 0 Å². The van der Waals surface area contributed by atoms with Crippen molar-refractivity contribution in [2.45, 2.75) is 20.0 Å². The molecule has 1 amide bonds. The lowest BCUT2D eigenvalue weighted by atomic mass is 10.2. The van der Waals surface area contributed by atoms with Crippen molar-refractivity contribution in [2.24, 2.45) is 0 Å². The van der Waals surface area contributed by atoms with E-state index in [1.165, 1.54) is 6.92 Å². The highest BCUT2D eigenvalue weighted by Gasteiger charge is 2.24. The Kier molecular flexibility index (Phi) is 5.05. The van der Waals surface area contributed by atoms with Gasteiger partial charge >= 0.3 is 5.97 Å². The highest BCUT2D eigenvalue weighted by molar-refractivity contribution is 5.97. The number of hydrogen-bond acceptors (Lipinski definition) is 3. The number of amides is 1. The highest BCUT2D eigenvalue weighted by Crippen LogP contribution is 2.15. The second kappa shape index (κ2) is 7.00. The number of nitrogens with one attached hydrogen (secondary N) is 1. The smallest absolute Gasteiger partial charge is 0.344 e. The number of carbonyl (C=O) groups excluding carboxylic acids is 2. The van der Waals surface area contributed by atoms with E-state index in [-0.39, 0.29) is 0 Å². The monoisotopic (exact) mass is 319 g/mol. The van der Waals surface area contributed by atoms with Gasteiger partial charge < -0.3 is 10.1 Å². The average Bonchev–Trinajstić information content (AvgIpc) is 2.46. The van der Waals surface area contributed by atoms with Gasteiger partial charge in [-0.1, -0.05) is 18.2 Å². The molecule has 120 valence electrons. The summed E-state index contributed by atoms with van der Waals surface area (Å²) in [4.78, 5) is 23.8. The van der Waals surface area contributed by atoms with Crippen molar-refractivity contribution in [2.75, 3.05) is 5.32 Å². The van der Waals surface area contributed by atoms with E-state index in [0.29, 0.717) is 5.69 Å². The molecule has 0 spiro atoms. The van der Waals surface area contributed by atoms with Gasteiger partial charge in [0.1, 0.15) is 17.2 Å². The summed E-state index contributed by atoms with van der Waals surface area (Å²) in [7, 11) is 0. The number of esters is 1. The van der Waals surface area contributed by atoms with Crippen LogP contribution in [0.2, 0.25) is 0 Å². The maximum Gasteiger partial charge on any atom is 0.344 e. The molecule has 23 heavy (non-hydrogen) atoms. The first-order valence-electron chi connectivity index (χ1n) is 6.91. The number of anilines is 1. The van der Waals surface area contributed by atoms with Crippen LogP contribution in [-0.2, 0) is 9.53 Å². The number of rotatable bonds is 4. The van der Waals surface area contributed by atoms with Gasteiger partial charge in [0.15, 0.2) is 6.10 Å². The second-order valence-corrected chi connectivity index (χ2v) is 5.00. The van der Waals surface area contributed by atoms with E-state index < -0.39 is 35.2 Å². The summed E-state index contributed by atoms with van der Waals surface area (Å²) < 4.78 is 31.8. The first-order chi connectivity index (χ1) is 10.9. The molecule has 0 saturated carbocycles. The summed E-state index contributed by atoms with van der Waals surface area (Å²) >= 11 is 0. The molecular formula is C17H15F2NO3. The van der Waals surface area contributed by atoms with Gasteiger partial charge in [0, 0.05) is 5.69 Å². The quantitative estimate of drug-likeness (QED) is 0.878. The fourth-order valence-corrected chi connectivity index (χ4v) is 1.93. The third-order valence-corrected chi connectivity index (χ3v) is 3.11. The van der Waals surface area contributed by atoms with Gasteiger partial charge in [0.2, 0.25) is 0 Å². The molecule has 0 aliphatic rings. The molecule has 0 radical (unpaired) electrons. The minimum absolute atomic E-state index is 0.537. The number of hydrogen-bond donors (Lipinski definition) is 1. The molecule has 2 rings (SSSR count). The van der Waals surface area contributed by atoms with Crippen LogP contribution in [0, 0.1) is 18.6 Å². The van der Waals surface area contributed by atoms with Gasteiger partial charge in [-0.3, -0.25) is 4.79 Å². The summed E-state index contributed by atoms with van der Waals surface area (Å²) in [6.07, 6.45) is -1.21. The topological polar surface area (TPSA) is 55.4 Å². The van der Waals surface area contributed by atoms with E-state index >= 15 is 0 Å². The van der Waals surface area contributed by atoms with Crippen LogP contribution in [0.15, 0.2) is 42.5 Å². The Morgan fingerprint density at radius 3 is 2.30 bits per heavy atom. The molecule has 0 fully saturated rings. The van der Waals surface area contributed by atoms with Crippen molar-refractivity contribution in [1.29, 1.82) is 0 Å². The van der Waals surface area contributed by atoms with Crippen LogP contribution < -0.4 is 5.32 Å². The first kappa shape index (κ1) is 16.6. The van der Waals surface area contributed by atoms with Crippen LogP contribution in [0.5, 0.6) is 0 Å². The second-order valence-electron chi connectivity index (χ2n) is 5.00. The molecule has 0 aliphatic heterocycles. The maximum atomic E-state index is 13.5. The van der Waals surface area contributed by atoms with E-state index in [2.05, 4.69) is 5.32 Å². The molecule has 0 bridgehead atoms. The number of benzene rings is 2. The Bertz CT molecular complexity index is 726. The van der Waals surface area contributed by atoms with Crippen molar-refractivity contribution in [3.05, 3.63) is 65.2 Å². The van der Waals surface area contributed by atoms with E-state index in [1.807, 2.05) is 13.0 Å². The summed E-state index contributed by atoms with van der Waals surface area (Å²) in [5.41, 5.74) is 0.665. The van der Waals surface area contributed by atoms with Crippen LogP contribution in [0.4, 0.5) is 14.5 Å². The van der Waals surface area contributed by atoms with Gasteiger partial charge in [0.05, 0.1) is 0 Å². The fraction of sp³-hybridized carbons (Fsp3) is 0.176. The Hall–Kier alpha value is -2.76. The molecular weight excluding hydrogens is 304 g/mol. The Balaban J connectivity index is 2.05. The number of aryl methyl sites for hydroxylation is 1. The van der Waals surface area contributed by atoms with Crippen molar-refractivity contribution in [1.82, 2.24) is 0 Å². The molecule has 0 heterocycles. The molecule has 1 N–H and O–H groups in total. The Morgan fingerprint density at radius 2 is 1.70 bits per heavy atom. The van der Waals surface area contributed by atoms with Gasteiger partial charge in [-0.15, -0.1) is 0 Å². The zero-order valence-electron chi connectivity index (χ0n) is 12.6. The molecule has 1 atom stereocenters. The number of halogens is 2. The zero-order valence-corrected chi connectivity index (χ0v) is 12.6. The third-order valence-electron chi connectivity index (χ3n) is 3.11. The van der Waals surface area contributed by atoms with E-state index in [4.69, 9.17) is 4.74 Å². The molecule has 0 aliphatic carbocycles. The summed E-state index contributed by atoms with van der Waals surface area (Å²) in [6.45, 7) is 3.18. The lowest BCUT2D eigenvalue weighted by Gasteiger charge is -2.14. The van der Waals surface area contributed by atoms with E-state index in [0.717, 1.165) is 23.8 Å². The minimum atomic E-state index is -1.23. The van der Waals surface area contributed by atoms with E-state index in [9.17, 15) is 18.4 Å². The molecule has 0 aromatic heterocycles. The predicted molar refractivity (Wildman–Crippen MR) is 81.0 cm³/mol. The van der Waals surface area contributed by atoms with Gasteiger partial charge in [-0.2, -0.15) is 0 Å². The summed E-state index contributed by atoms with van der Waals surface area (Å²) in [6, 6.07) is 10.1. The Morgan fingerprint density at radius 1 is 1.09 bits per heavy atom. The minimum Gasteiger partial charge on any atom is -0.449 e. The molecule has 2 aromatic carbocycles. The van der Waals surface area contributed by atoms with Gasteiger partial charge in [-0.05, 0) is 43.7 Å². The lowest BCUT2D eigenvalue weighted by Crippen LogP contribution is -2.30. The fourth-order valence-electron chi connectivity index (χ4n) is 1.93. The normalized spacial score (nSPS) is 11.7. The summed E-state index contributed by atoms with van der Waals surface area (Å²) in [5, 5.41) is 2.56. The third kappa shape index (κ3) is 4.12. The highest BCUT2D eigenvalue weighted by atomic mass is 19.1. The standard InChI is InChI=1S/C17H15F2NO3/c1-10-5-3-6-12(9-10)20-16(21)11(2)23-17(22)15-13(18)7-4-8-14(15)19/h3-9,11H,1-2H3,(H,20,21)/t11-/m1/s1. The summed E-state index contributed by atoms with van der Waals surface area (Å²) in [5.74, 6) is -3.91. The lowest BCUT2D eigenvalue weighted by molar-refractivity contribution is -0.123. The maximum absolute atomic E-state index is 13.5. The molecule has 2 aromatic rings. The average molecular weight is 319 g/mol. The van der Waals surface area contributed by atoms with Gasteiger partial charge in [0.25, 0.3) is 5.91 Å². The molecule has 4 nitrogen and oxygen atoms in total. The van der Waals surface area contributed by atoms with Crippen LogP contribution >= 0.6 is 0 Å². The zero-order chi connectivity index (χ0) is 17.0. The van der Waals surface area contributed by atoms with Gasteiger partial charge in [-0.25, -0.2) is 13.6 Å². The molecule has 0 unspecified atom stereocenters. The first-order valence-corrected chi connectivity index (χ1v) is 6.91. The van der Waals surface area contributed by atoms with Crippen LogP contribution in [0.3, 0.4) is 0 Å². The van der Waals surface area contributed by atoms with Crippen LogP contribution in [0.1, 0.15) is 22.8 Å². The predicted octanol–water partition coefficient (Wildman–Crippen LogP) is 3.46. The Labute approximate surface area is 132 Å². The van der Waals surface area contributed by atoms with Crippen molar-refractivity contribution >= 4 is 17.6 Å². The van der Waals surface area contributed by atoms with Crippen molar-refractivity contribution in [3.8, 4) is 0 Å². The largest absolute Gasteiger partial charge is 0.449 e. The van der Waals surface area contributed by atoms with Crippen LogP contribution in [0.25, 0.3) is 0 Å². The van der Waals surface area contributed by atoms with Crippen LogP contribution in [-0.4, -0.2) is 18.0 Å².